The summed E-state index contributed by atoms with van der Waals surface area (Å²) in [6, 6.07) is 8.46. The zero-order valence-electron chi connectivity index (χ0n) is 21.7. The first-order valence-electron chi connectivity index (χ1n) is 12.4. The van der Waals surface area contributed by atoms with Crippen molar-refractivity contribution in [2.45, 2.75) is 37.8 Å². The van der Waals surface area contributed by atoms with Gasteiger partial charge < -0.3 is 34.4 Å². The number of aliphatic carboxylic acids is 1. The van der Waals surface area contributed by atoms with Gasteiger partial charge in [-0.15, -0.1) is 0 Å². The van der Waals surface area contributed by atoms with Crippen molar-refractivity contribution in [1.29, 1.82) is 0 Å². The van der Waals surface area contributed by atoms with Crippen molar-refractivity contribution < 1.29 is 56.7 Å². The maximum absolute atomic E-state index is 12.4. The molecule has 0 aliphatic carbocycles. The average Bonchev–Trinajstić information content (AvgIpc) is 3.61. The monoisotopic (exact) mass is 628 g/mol. The molecule has 0 radical (unpaired) electrons. The lowest BCUT2D eigenvalue weighted by Crippen LogP contribution is -2.31. The first-order valence-corrected chi connectivity index (χ1v) is 15.7. The predicted molar refractivity (Wildman–Crippen MR) is 140 cm³/mol. The number of nitrogens with zero attached hydrogens (tertiary/aromatic N) is 4. The molecule has 3 unspecified atom stereocenters. The van der Waals surface area contributed by atoms with Gasteiger partial charge in [-0.05, 0) is 6.92 Å². The first-order chi connectivity index (χ1) is 20.0. The van der Waals surface area contributed by atoms with Crippen LogP contribution in [0, 0.1) is 0 Å². The molecular formula is C22H26N6O12P2. The van der Waals surface area contributed by atoms with Gasteiger partial charge in [0.05, 0.1) is 12.9 Å². The number of phosphoric acid groups is 1. The third kappa shape index (κ3) is 6.67. The van der Waals surface area contributed by atoms with E-state index < -0.39 is 71.0 Å². The minimum absolute atomic E-state index is 0.137. The van der Waals surface area contributed by atoms with Gasteiger partial charge in [-0.1, -0.05) is 30.3 Å². The van der Waals surface area contributed by atoms with Crippen molar-refractivity contribution in [3.05, 3.63) is 48.5 Å². The highest BCUT2D eigenvalue weighted by atomic mass is 31.3. The number of rotatable bonds is 11. The number of carboxylic acid groups (broad SMARTS) is 1. The molecule has 0 saturated carbocycles. The Balaban J connectivity index is 1.40. The van der Waals surface area contributed by atoms with Crippen LogP contribution < -0.4 is 10.6 Å². The third-order valence-corrected chi connectivity index (χ3v) is 9.08. The second kappa shape index (κ2) is 12.1. The fourth-order valence-corrected chi connectivity index (χ4v) is 6.84. The molecule has 2 fully saturated rings. The lowest BCUT2D eigenvalue weighted by atomic mass is 10.1. The predicted octanol–water partition coefficient (Wildman–Crippen LogP) is 1.75. The Morgan fingerprint density at radius 3 is 2.52 bits per heavy atom. The lowest BCUT2D eigenvalue weighted by molar-refractivity contribution is -0.152. The van der Waals surface area contributed by atoms with Crippen molar-refractivity contribution in [3.63, 3.8) is 0 Å². The van der Waals surface area contributed by atoms with E-state index in [4.69, 9.17) is 23.8 Å². The van der Waals surface area contributed by atoms with Crippen molar-refractivity contribution in [2.75, 3.05) is 24.6 Å². The van der Waals surface area contributed by atoms with E-state index in [1.165, 1.54) is 17.2 Å². The molecule has 0 bridgehead atoms. The smallest absolute Gasteiger partial charge is 0.479 e. The number of benzene rings is 1. The second-order valence-corrected chi connectivity index (χ2v) is 12.5. The number of ether oxygens (including phenoxy) is 3. The number of anilines is 1. The number of amides is 2. The molecule has 2 aliphatic rings. The van der Waals surface area contributed by atoms with Crippen LogP contribution in [-0.2, 0) is 37.0 Å². The van der Waals surface area contributed by atoms with Crippen LogP contribution in [0.2, 0.25) is 0 Å². The van der Waals surface area contributed by atoms with Gasteiger partial charge in [0.15, 0.2) is 29.5 Å². The van der Waals surface area contributed by atoms with Crippen LogP contribution in [0.3, 0.4) is 0 Å². The van der Waals surface area contributed by atoms with Crippen molar-refractivity contribution in [1.82, 2.24) is 24.8 Å². The van der Waals surface area contributed by atoms with Crippen LogP contribution >= 0.6 is 15.4 Å². The highest BCUT2D eigenvalue weighted by Gasteiger charge is 2.54. The largest absolute Gasteiger partial charge is 0.481 e. The Morgan fingerprint density at radius 2 is 1.81 bits per heavy atom. The van der Waals surface area contributed by atoms with Crippen LogP contribution in [0.15, 0.2) is 43.0 Å². The van der Waals surface area contributed by atoms with Gasteiger partial charge >= 0.3 is 27.4 Å². The molecule has 5 N–H and O–H groups in total. The van der Waals surface area contributed by atoms with Crippen LogP contribution in [0.5, 0.6) is 0 Å². The SMILES string of the molecule is CCNC(=O)Nc1ncnc2c1ncn2[C@@H]1O[C@H](COP(=O)(O)OP(=O)(O)CC(=O)O)C2O[C@H](c3ccccc3)O[C@@H]21. The highest BCUT2D eigenvalue weighted by Crippen LogP contribution is 2.60. The van der Waals surface area contributed by atoms with Gasteiger partial charge in [0.25, 0.3) is 0 Å². The standard InChI is InChI=1S/C22H26N6O12P2/c1-2-23-22(31)27-18-15-19(25-10-24-18)28(11-26-15)20-17-16(38-21(39-17)12-6-4-3-5-7-12)13(37-20)8-36-42(34,35)40-41(32,33)9-14(29)30/h3-7,10-11,13,16-17,20-21H,2,8-9H2,1H3,(H,29,30)(H,32,33)(H,34,35)(H2,23,24,25,27,31)/t13-,16?,17+,20-,21+/m1/s1. The van der Waals surface area contributed by atoms with E-state index in [0.717, 1.165) is 0 Å². The number of aromatic nitrogens is 4. The molecule has 3 aromatic rings. The Kier molecular flexibility index (Phi) is 8.71. The van der Waals surface area contributed by atoms with E-state index in [2.05, 4.69) is 29.9 Å². The third-order valence-electron chi connectivity index (χ3n) is 6.09. The molecule has 1 aromatic carbocycles. The summed E-state index contributed by atoms with van der Waals surface area (Å²) in [4.78, 5) is 55.1. The van der Waals surface area contributed by atoms with Crippen LogP contribution in [0.4, 0.5) is 10.6 Å². The van der Waals surface area contributed by atoms with Crippen molar-refractivity contribution in [2.24, 2.45) is 0 Å². The minimum Gasteiger partial charge on any atom is -0.481 e. The van der Waals surface area contributed by atoms with Gasteiger partial charge in [0, 0.05) is 12.1 Å². The molecule has 0 spiro atoms. The van der Waals surface area contributed by atoms with Crippen LogP contribution in [0.1, 0.15) is 25.0 Å². The van der Waals surface area contributed by atoms with Crippen LogP contribution in [-0.4, -0.2) is 84.0 Å². The van der Waals surface area contributed by atoms with Crippen molar-refractivity contribution >= 4 is 44.4 Å². The number of imidazole rings is 1. The Morgan fingerprint density at radius 1 is 1.07 bits per heavy atom. The Bertz CT molecular complexity index is 1560. The molecule has 42 heavy (non-hydrogen) atoms. The summed E-state index contributed by atoms with van der Waals surface area (Å²) < 4.78 is 53.3. The molecule has 2 amide bonds. The number of nitrogens with one attached hydrogen (secondary N) is 2. The zero-order chi connectivity index (χ0) is 30.1. The molecule has 4 heterocycles. The second-order valence-electron chi connectivity index (χ2n) is 9.08. The van der Waals surface area contributed by atoms with Gasteiger partial charge in [-0.25, -0.2) is 28.6 Å². The van der Waals surface area contributed by atoms with E-state index in [-0.39, 0.29) is 17.0 Å². The maximum Gasteiger partial charge on any atom is 0.479 e. The number of urea groups is 1. The number of fused-ring (bicyclic) bond motifs is 2. The fourth-order valence-electron chi connectivity index (χ4n) is 4.45. The van der Waals surface area contributed by atoms with E-state index in [1.807, 2.05) is 6.07 Å². The van der Waals surface area contributed by atoms with Crippen molar-refractivity contribution in [3.8, 4) is 0 Å². The first kappa shape index (κ1) is 30.2. The van der Waals surface area contributed by atoms with Crippen LogP contribution in [0.25, 0.3) is 11.2 Å². The summed E-state index contributed by atoms with van der Waals surface area (Å²) in [5.74, 6) is -1.58. The average molecular weight is 628 g/mol. The van der Waals surface area contributed by atoms with Gasteiger partial charge in [0.2, 0.25) is 0 Å². The quantitative estimate of drug-likeness (QED) is 0.190. The number of phosphoric ester groups is 1. The lowest BCUT2D eigenvalue weighted by Gasteiger charge is -2.22. The Labute approximate surface area is 237 Å². The molecule has 2 aliphatic heterocycles. The van der Waals surface area contributed by atoms with E-state index in [9.17, 15) is 28.5 Å². The maximum atomic E-state index is 12.4. The molecule has 226 valence electrons. The number of carbonyl (C=O) groups is 2. The molecule has 2 saturated heterocycles. The zero-order valence-corrected chi connectivity index (χ0v) is 23.5. The van der Waals surface area contributed by atoms with Gasteiger partial charge in [-0.2, -0.15) is 0 Å². The molecule has 2 aromatic heterocycles. The molecule has 18 nitrogen and oxygen atoms in total. The molecule has 20 heteroatoms. The summed E-state index contributed by atoms with van der Waals surface area (Å²) in [7, 11) is -10.2. The summed E-state index contributed by atoms with van der Waals surface area (Å²) >= 11 is 0. The number of carbonyl (C=O) groups excluding carboxylic acids is 1. The Hall–Kier alpha value is -3.31. The minimum atomic E-state index is -5.22. The van der Waals surface area contributed by atoms with E-state index in [0.29, 0.717) is 12.1 Å². The van der Waals surface area contributed by atoms with E-state index >= 15 is 0 Å². The summed E-state index contributed by atoms with van der Waals surface area (Å²) in [5.41, 5.74) is 1.19. The molecule has 5 rings (SSSR count). The number of hydrogen-bond acceptors (Lipinski definition) is 12. The summed E-state index contributed by atoms with van der Waals surface area (Å²) in [6.45, 7) is 1.47. The summed E-state index contributed by atoms with van der Waals surface area (Å²) in [6.07, 6.45) is -3.40. The topological polar surface area (TPSA) is 243 Å². The van der Waals surface area contributed by atoms with Gasteiger partial charge in [0.1, 0.15) is 30.8 Å². The number of carboxylic acids is 1. The highest BCUT2D eigenvalue weighted by molar-refractivity contribution is 7.64. The number of hydrogen-bond donors (Lipinski definition) is 5. The molecule has 7 atom stereocenters. The summed E-state index contributed by atoms with van der Waals surface area (Å²) in [5, 5.41) is 13.9. The molecular weight excluding hydrogens is 602 g/mol. The van der Waals surface area contributed by atoms with E-state index in [1.54, 1.807) is 31.2 Å². The fraction of sp³-hybridized carbons (Fsp3) is 0.409. The van der Waals surface area contributed by atoms with Gasteiger partial charge in [-0.3, -0.25) is 23.8 Å². The normalized spacial score (nSPS) is 26.3.